The summed E-state index contributed by atoms with van der Waals surface area (Å²) in [6, 6.07) is 5.22. The second-order valence-electron chi connectivity index (χ2n) is 5.48. The molecule has 0 aliphatic rings. The van der Waals surface area contributed by atoms with Crippen LogP contribution in [0.25, 0.3) is 10.9 Å². The molecule has 0 aliphatic carbocycles. The molecule has 2 aromatic heterocycles. The van der Waals surface area contributed by atoms with Crippen molar-refractivity contribution < 1.29 is 9.53 Å². The lowest BCUT2D eigenvalue weighted by Gasteiger charge is -2.10. The highest BCUT2D eigenvalue weighted by Crippen LogP contribution is 2.22. The number of aromatic nitrogens is 2. The number of nitrogens with zero attached hydrogens (tertiary/aromatic N) is 2. The molecule has 0 spiro atoms. The van der Waals surface area contributed by atoms with E-state index in [2.05, 4.69) is 10.3 Å². The third kappa shape index (κ3) is 2.78. The molecule has 0 atom stereocenters. The van der Waals surface area contributed by atoms with Gasteiger partial charge in [-0.1, -0.05) is 0 Å². The number of fused-ring (bicyclic) bond motifs is 1. The zero-order chi connectivity index (χ0) is 17.4. The summed E-state index contributed by atoms with van der Waals surface area (Å²) in [5.74, 6) is 0.109. The van der Waals surface area contributed by atoms with Gasteiger partial charge in [-0.05, 0) is 32.0 Å². The first-order valence-electron chi connectivity index (χ1n) is 7.33. The van der Waals surface area contributed by atoms with Crippen LogP contribution < -0.4 is 15.5 Å². The SMILES string of the molecule is COc1ccc2c(c1)c(=O)c(C(=O)Nc1nc(C)c(C)s1)cn2C. The van der Waals surface area contributed by atoms with Crippen molar-refractivity contribution >= 4 is 33.3 Å². The molecule has 7 heteroatoms. The second-order valence-corrected chi connectivity index (χ2v) is 6.68. The van der Waals surface area contributed by atoms with Crippen molar-refractivity contribution in [2.24, 2.45) is 7.05 Å². The molecule has 0 radical (unpaired) electrons. The summed E-state index contributed by atoms with van der Waals surface area (Å²) in [4.78, 5) is 30.5. The van der Waals surface area contributed by atoms with Crippen LogP contribution in [0.5, 0.6) is 5.75 Å². The van der Waals surface area contributed by atoms with Crippen molar-refractivity contribution in [3.8, 4) is 5.75 Å². The minimum atomic E-state index is -0.464. The first-order chi connectivity index (χ1) is 11.4. The number of thiazole rings is 1. The quantitative estimate of drug-likeness (QED) is 0.794. The number of aryl methyl sites for hydroxylation is 3. The Kier molecular flexibility index (Phi) is 4.11. The fourth-order valence-corrected chi connectivity index (χ4v) is 3.26. The molecule has 24 heavy (non-hydrogen) atoms. The Morgan fingerprint density at radius 1 is 1.33 bits per heavy atom. The van der Waals surface area contributed by atoms with Crippen LogP contribution >= 0.6 is 11.3 Å². The van der Waals surface area contributed by atoms with Crippen LogP contribution in [0.4, 0.5) is 5.13 Å². The third-order valence-electron chi connectivity index (χ3n) is 3.89. The number of pyridine rings is 1. The number of methoxy groups -OCH3 is 1. The van der Waals surface area contributed by atoms with Gasteiger partial charge < -0.3 is 9.30 Å². The monoisotopic (exact) mass is 343 g/mol. The average Bonchev–Trinajstić information content (AvgIpc) is 2.87. The van der Waals surface area contributed by atoms with Crippen molar-refractivity contribution in [3.05, 3.63) is 50.8 Å². The zero-order valence-electron chi connectivity index (χ0n) is 13.8. The molecule has 0 unspecified atom stereocenters. The summed E-state index contributed by atoms with van der Waals surface area (Å²) in [7, 11) is 3.33. The van der Waals surface area contributed by atoms with Gasteiger partial charge in [-0.2, -0.15) is 0 Å². The summed E-state index contributed by atoms with van der Waals surface area (Å²) in [5.41, 5.74) is 1.35. The fraction of sp³-hybridized carbons (Fsp3) is 0.235. The molecule has 0 saturated heterocycles. The van der Waals surface area contributed by atoms with Crippen LogP contribution in [-0.4, -0.2) is 22.6 Å². The van der Waals surface area contributed by atoms with Crippen molar-refractivity contribution in [2.75, 3.05) is 12.4 Å². The number of benzene rings is 1. The predicted molar refractivity (Wildman–Crippen MR) is 95.3 cm³/mol. The highest BCUT2D eigenvalue weighted by molar-refractivity contribution is 7.15. The summed E-state index contributed by atoms with van der Waals surface area (Å²) >= 11 is 1.39. The van der Waals surface area contributed by atoms with E-state index in [4.69, 9.17) is 4.74 Å². The number of ether oxygens (including phenoxy) is 1. The number of hydrogen-bond donors (Lipinski definition) is 1. The van der Waals surface area contributed by atoms with E-state index in [1.807, 2.05) is 13.8 Å². The maximum atomic E-state index is 12.7. The summed E-state index contributed by atoms with van der Waals surface area (Å²) in [6.45, 7) is 3.81. The average molecular weight is 343 g/mol. The Morgan fingerprint density at radius 3 is 2.71 bits per heavy atom. The Balaban J connectivity index is 2.06. The molecule has 2 heterocycles. The van der Waals surface area contributed by atoms with Gasteiger partial charge in [-0.25, -0.2) is 4.98 Å². The van der Waals surface area contributed by atoms with E-state index in [0.717, 1.165) is 16.1 Å². The van der Waals surface area contributed by atoms with Gasteiger partial charge in [-0.15, -0.1) is 11.3 Å². The summed E-state index contributed by atoms with van der Waals surface area (Å²) < 4.78 is 6.93. The van der Waals surface area contributed by atoms with E-state index in [-0.39, 0.29) is 11.0 Å². The molecule has 0 aliphatic heterocycles. The lowest BCUT2D eigenvalue weighted by Crippen LogP contribution is -2.23. The van der Waals surface area contributed by atoms with Gasteiger partial charge in [0.1, 0.15) is 11.3 Å². The normalized spacial score (nSPS) is 10.8. The van der Waals surface area contributed by atoms with Gasteiger partial charge in [0, 0.05) is 18.1 Å². The largest absolute Gasteiger partial charge is 0.497 e. The van der Waals surface area contributed by atoms with Crippen LogP contribution in [0.3, 0.4) is 0 Å². The number of anilines is 1. The van der Waals surface area contributed by atoms with E-state index in [0.29, 0.717) is 16.3 Å². The van der Waals surface area contributed by atoms with E-state index in [9.17, 15) is 9.59 Å². The Morgan fingerprint density at radius 2 is 2.08 bits per heavy atom. The number of amides is 1. The van der Waals surface area contributed by atoms with Crippen LogP contribution in [0, 0.1) is 13.8 Å². The molecule has 0 saturated carbocycles. The molecule has 1 aromatic carbocycles. The maximum absolute atomic E-state index is 12.7. The van der Waals surface area contributed by atoms with Crippen molar-refractivity contribution in [1.29, 1.82) is 0 Å². The van der Waals surface area contributed by atoms with Crippen LogP contribution in [0.2, 0.25) is 0 Å². The molecular formula is C17H17N3O3S. The molecule has 1 amide bonds. The Hall–Kier alpha value is -2.67. The standard InChI is InChI=1S/C17H17N3O3S/c1-9-10(2)24-17(18-9)19-16(22)13-8-20(3)14-6-5-11(23-4)7-12(14)15(13)21/h5-8H,1-4H3,(H,18,19,22). The Labute approximate surface area is 142 Å². The van der Waals surface area contributed by atoms with Crippen LogP contribution in [0.1, 0.15) is 20.9 Å². The molecule has 1 N–H and O–H groups in total. The first-order valence-corrected chi connectivity index (χ1v) is 8.15. The minimum Gasteiger partial charge on any atom is -0.497 e. The topological polar surface area (TPSA) is 73.2 Å². The van der Waals surface area contributed by atoms with Crippen molar-refractivity contribution in [2.45, 2.75) is 13.8 Å². The van der Waals surface area contributed by atoms with Crippen LogP contribution in [0.15, 0.2) is 29.2 Å². The number of rotatable bonds is 3. The zero-order valence-corrected chi connectivity index (χ0v) is 14.7. The van der Waals surface area contributed by atoms with Gasteiger partial charge in [0.25, 0.3) is 5.91 Å². The smallest absolute Gasteiger partial charge is 0.262 e. The van der Waals surface area contributed by atoms with Gasteiger partial charge in [0.2, 0.25) is 5.43 Å². The van der Waals surface area contributed by atoms with Gasteiger partial charge in [0.15, 0.2) is 5.13 Å². The highest BCUT2D eigenvalue weighted by atomic mass is 32.1. The first kappa shape index (κ1) is 16.2. The third-order valence-corrected chi connectivity index (χ3v) is 4.88. The predicted octanol–water partition coefficient (Wildman–Crippen LogP) is 2.87. The second kappa shape index (κ2) is 6.09. The minimum absolute atomic E-state index is 0.0729. The van der Waals surface area contributed by atoms with Gasteiger partial charge in [0.05, 0.1) is 23.7 Å². The lowest BCUT2D eigenvalue weighted by atomic mass is 10.1. The lowest BCUT2D eigenvalue weighted by molar-refractivity contribution is 0.102. The van der Waals surface area contributed by atoms with E-state index >= 15 is 0 Å². The molecule has 0 bridgehead atoms. The van der Waals surface area contributed by atoms with Gasteiger partial charge >= 0.3 is 0 Å². The molecule has 3 rings (SSSR count). The maximum Gasteiger partial charge on any atom is 0.262 e. The summed E-state index contributed by atoms with van der Waals surface area (Å²) in [5, 5.41) is 3.63. The van der Waals surface area contributed by atoms with E-state index < -0.39 is 5.91 Å². The van der Waals surface area contributed by atoms with Gasteiger partial charge in [-0.3, -0.25) is 14.9 Å². The molecule has 3 aromatic rings. The van der Waals surface area contributed by atoms with Crippen molar-refractivity contribution in [3.63, 3.8) is 0 Å². The number of carbonyl (C=O) groups is 1. The Bertz CT molecular complexity index is 985. The number of carbonyl (C=O) groups excluding carboxylic acids is 1. The molecular weight excluding hydrogens is 326 g/mol. The van der Waals surface area contributed by atoms with Crippen molar-refractivity contribution in [1.82, 2.24) is 9.55 Å². The molecule has 6 nitrogen and oxygen atoms in total. The van der Waals surface area contributed by atoms with E-state index in [1.165, 1.54) is 18.4 Å². The van der Waals surface area contributed by atoms with E-state index in [1.54, 1.807) is 36.0 Å². The fourth-order valence-electron chi connectivity index (χ4n) is 2.45. The van der Waals surface area contributed by atoms with Crippen LogP contribution in [-0.2, 0) is 7.05 Å². The number of nitrogens with one attached hydrogen (secondary N) is 1. The highest BCUT2D eigenvalue weighted by Gasteiger charge is 2.17. The molecule has 124 valence electrons. The summed E-state index contributed by atoms with van der Waals surface area (Å²) in [6.07, 6.45) is 1.54. The molecule has 0 fully saturated rings. The number of hydrogen-bond acceptors (Lipinski definition) is 5.